The van der Waals surface area contributed by atoms with Crippen molar-refractivity contribution in [2.45, 2.75) is 45.2 Å². The van der Waals surface area contributed by atoms with Gasteiger partial charge >= 0.3 is 0 Å². The lowest BCUT2D eigenvalue weighted by Gasteiger charge is -2.49. The summed E-state index contributed by atoms with van der Waals surface area (Å²) in [4.78, 5) is 16.8. The zero-order valence-electron chi connectivity index (χ0n) is 13.8. The molecule has 1 aromatic heterocycles. The number of nitrogens with two attached hydrogens (primary N) is 1. The van der Waals surface area contributed by atoms with Gasteiger partial charge in [0.1, 0.15) is 5.69 Å². The summed E-state index contributed by atoms with van der Waals surface area (Å²) in [6, 6.07) is 0. The van der Waals surface area contributed by atoms with Gasteiger partial charge in [0.05, 0.1) is 11.4 Å². The van der Waals surface area contributed by atoms with E-state index in [1.165, 1.54) is 6.42 Å². The summed E-state index contributed by atoms with van der Waals surface area (Å²) in [7, 11) is 6.03. The Morgan fingerprint density at radius 3 is 2.43 bits per heavy atom. The average Bonchev–Trinajstić information content (AvgIpc) is 2.68. The van der Waals surface area contributed by atoms with Gasteiger partial charge in [-0.3, -0.25) is 9.48 Å². The van der Waals surface area contributed by atoms with Gasteiger partial charge in [0, 0.05) is 25.7 Å². The summed E-state index contributed by atoms with van der Waals surface area (Å²) in [5.74, 6) is -0.0388. The number of nitrogen functional groups attached to an aromatic ring is 1. The van der Waals surface area contributed by atoms with Crippen molar-refractivity contribution < 1.29 is 4.79 Å². The topological polar surface area (TPSA) is 67.4 Å². The molecule has 6 heteroatoms. The molecule has 0 radical (unpaired) electrons. The summed E-state index contributed by atoms with van der Waals surface area (Å²) in [6.45, 7) is 5.18. The van der Waals surface area contributed by atoms with E-state index in [1.54, 1.807) is 9.58 Å². The highest BCUT2D eigenvalue weighted by molar-refractivity contribution is 5.97. The van der Waals surface area contributed by atoms with Gasteiger partial charge in [-0.1, -0.05) is 0 Å². The maximum Gasteiger partial charge on any atom is 0.274 e. The standard InChI is InChI=1S/C15H27N5O/c1-6-20-13(12(16)11(2)17-20)14(21)19(5)10-15(18(3)4)8-7-9-15/h6-10,16H2,1-5H3. The summed E-state index contributed by atoms with van der Waals surface area (Å²) >= 11 is 0. The minimum atomic E-state index is -0.0388. The van der Waals surface area contributed by atoms with Gasteiger partial charge in [-0.05, 0) is 47.2 Å². The Kier molecular flexibility index (Phi) is 4.27. The summed E-state index contributed by atoms with van der Waals surface area (Å²) in [5.41, 5.74) is 7.90. The number of aromatic nitrogens is 2. The van der Waals surface area contributed by atoms with Crippen molar-refractivity contribution in [1.29, 1.82) is 0 Å². The molecule has 2 N–H and O–H groups in total. The van der Waals surface area contributed by atoms with E-state index in [2.05, 4.69) is 24.1 Å². The zero-order chi connectivity index (χ0) is 15.8. The van der Waals surface area contributed by atoms with Crippen molar-refractivity contribution in [3.63, 3.8) is 0 Å². The number of rotatable bonds is 5. The van der Waals surface area contributed by atoms with Crippen LogP contribution in [-0.2, 0) is 6.54 Å². The number of carbonyl (C=O) groups is 1. The van der Waals surface area contributed by atoms with Gasteiger partial charge in [-0.15, -0.1) is 0 Å². The van der Waals surface area contributed by atoms with Crippen LogP contribution in [-0.4, -0.2) is 58.7 Å². The summed E-state index contributed by atoms with van der Waals surface area (Å²) in [5, 5.41) is 4.33. The fraction of sp³-hybridized carbons (Fsp3) is 0.733. The van der Waals surface area contributed by atoms with Crippen LogP contribution in [0.15, 0.2) is 0 Å². The minimum Gasteiger partial charge on any atom is -0.395 e. The highest BCUT2D eigenvalue weighted by Gasteiger charge is 2.41. The Balaban J connectivity index is 2.20. The summed E-state index contributed by atoms with van der Waals surface area (Å²) in [6.07, 6.45) is 3.51. The van der Waals surface area contributed by atoms with E-state index in [9.17, 15) is 4.79 Å². The quantitative estimate of drug-likeness (QED) is 0.890. The second-order valence-corrected chi connectivity index (χ2v) is 6.30. The molecular weight excluding hydrogens is 266 g/mol. The van der Waals surface area contributed by atoms with Gasteiger partial charge in [-0.25, -0.2) is 0 Å². The van der Waals surface area contributed by atoms with Crippen molar-refractivity contribution in [2.24, 2.45) is 0 Å². The van der Waals surface area contributed by atoms with E-state index in [-0.39, 0.29) is 11.4 Å². The van der Waals surface area contributed by atoms with Crippen LogP contribution in [0, 0.1) is 6.92 Å². The zero-order valence-corrected chi connectivity index (χ0v) is 13.8. The molecule has 0 bridgehead atoms. The van der Waals surface area contributed by atoms with Crippen LogP contribution in [0.2, 0.25) is 0 Å². The van der Waals surface area contributed by atoms with E-state index >= 15 is 0 Å². The molecule has 118 valence electrons. The van der Waals surface area contributed by atoms with Crippen LogP contribution in [0.3, 0.4) is 0 Å². The smallest absolute Gasteiger partial charge is 0.274 e. The number of anilines is 1. The molecule has 0 saturated heterocycles. The molecule has 1 amide bonds. The Hall–Kier alpha value is -1.56. The SMILES string of the molecule is CCn1nc(C)c(N)c1C(=O)N(C)CC1(N(C)C)CCC1. The molecule has 0 atom stereocenters. The fourth-order valence-corrected chi connectivity index (χ4v) is 3.08. The van der Waals surface area contributed by atoms with Crippen LogP contribution in [0.5, 0.6) is 0 Å². The van der Waals surface area contributed by atoms with E-state index in [0.29, 0.717) is 17.9 Å². The predicted molar refractivity (Wildman–Crippen MR) is 84.3 cm³/mol. The van der Waals surface area contributed by atoms with Gasteiger partial charge in [-0.2, -0.15) is 5.10 Å². The highest BCUT2D eigenvalue weighted by atomic mass is 16.2. The Labute approximate surface area is 126 Å². The number of aryl methyl sites for hydroxylation is 2. The number of hydrogen-bond acceptors (Lipinski definition) is 4. The second-order valence-electron chi connectivity index (χ2n) is 6.30. The van der Waals surface area contributed by atoms with Gasteiger partial charge in [0.2, 0.25) is 0 Å². The van der Waals surface area contributed by atoms with Gasteiger partial charge in [0.15, 0.2) is 0 Å². The van der Waals surface area contributed by atoms with Gasteiger partial charge < -0.3 is 15.5 Å². The summed E-state index contributed by atoms with van der Waals surface area (Å²) < 4.78 is 1.70. The lowest BCUT2D eigenvalue weighted by atomic mass is 9.75. The molecule has 1 aromatic rings. The number of nitrogens with zero attached hydrogens (tertiary/aromatic N) is 4. The molecule has 1 saturated carbocycles. The third-order valence-electron chi connectivity index (χ3n) is 4.79. The van der Waals surface area contributed by atoms with Crippen LogP contribution < -0.4 is 5.73 Å². The third-order valence-corrected chi connectivity index (χ3v) is 4.79. The van der Waals surface area contributed by atoms with Crippen LogP contribution in [0.1, 0.15) is 42.4 Å². The first-order chi connectivity index (χ1) is 9.82. The minimum absolute atomic E-state index is 0.0388. The number of carbonyl (C=O) groups excluding carboxylic acids is 1. The molecule has 2 rings (SSSR count). The lowest BCUT2D eigenvalue weighted by Crippen LogP contribution is -2.57. The lowest BCUT2D eigenvalue weighted by molar-refractivity contribution is 0.0248. The highest BCUT2D eigenvalue weighted by Crippen LogP contribution is 2.37. The Morgan fingerprint density at radius 2 is 2.00 bits per heavy atom. The van der Waals surface area contributed by atoms with E-state index in [0.717, 1.165) is 25.1 Å². The number of hydrogen-bond donors (Lipinski definition) is 1. The maximum atomic E-state index is 12.8. The molecule has 1 heterocycles. The molecule has 0 unspecified atom stereocenters. The van der Waals surface area contributed by atoms with Crippen LogP contribution >= 0.6 is 0 Å². The molecule has 1 fully saturated rings. The molecule has 21 heavy (non-hydrogen) atoms. The van der Waals surface area contributed by atoms with Crippen molar-refractivity contribution in [3.05, 3.63) is 11.4 Å². The molecule has 6 nitrogen and oxygen atoms in total. The van der Waals surface area contributed by atoms with E-state index < -0.39 is 0 Å². The maximum absolute atomic E-state index is 12.8. The molecule has 0 aromatic carbocycles. The first kappa shape index (κ1) is 15.8. The van der Waals surface area contributed by atoms with Crippen molar-refractivity contribution >= 4 is 11.6 Å². The molecule has 0 spiro atoms. The van der Waals surface area contributed by atoms with Gasteiger partial charge in [0.25, 0.3) is 5.91 Å². The predicted octanol–water partition coefficient (Wildman–Crippen LogP) is 1.35. The fourth-order valence-electron chi connectivity index (χ4n) is 3.08. The van der Waals surface area contributed by atoms with Crippen molar-refractivity contribution in [1.82, 2.24) is 19.6 Å². The number of amides is 1. The normalized spacial score (nSPS) is 16.9. The molecule has 1 aliphatic rings. The van der Waals surface area contributed by atoms with Crippen molar-refractivity contribution in [3.8, 4) is 0 Å². The van der Waals surface area contributed by atoms with Crippen LogP contribution in [0.25, 0.3) is 0 Å². The van der Waals surface area contributed by atoms with Crippen molar-refractivity contribution in [2.75, 3.05) is 33.4 Å². The second kappa shape index (κ2) is 5.67. The molecule has 0 aliphatic heterocycles. The molecular formula is C15H27N5O. The van der Waals surface area contributed by atoms with E-state index in [1.807, 2.05) is 20.9 Å². The first-order valence-corrected chi connectivity index (χ1v) is 7.58. The largest absolute Gasteiger partial charge is 0.395 e. The Bertz CT molecular complexity index is 530. The van der Waals surface area contributed by atoms with E-state index in [4.69, 9.17) is 5.73 Å². The van der Waals surface area contributed by atoms with Crippen LogP contribution in [0.4, 0.5) is 5.69 Å². The Morgan fingerprint density at radius 1 is 1.38 bits per heavy atom. The monoisotopic (exact) mass is 293 g/mol. The molecule has 1 aliphatic carbocycles. The number of likely N-dealkylation sites (N-methyl/N-ethyl adjacent to an activating group) is 2. The average molecular weight is 293 g/mol. The third kappa shape index (κ3) is 2.64. The first-order valence-electron chi connectivity index (χ1n) is 7.58.